The number of hydrogen-bond donors (Lipinski definition) is 1. The van der Waals surface area contributed by atoms with E-state index in [0.717, 1.165) is 10.6 Å². The Morgan fingerprint density at radius 1 is 1.50 bits per heavy atom. The van der Waals surface area contributed by atoms with Gasteiger partial charge < -0.3 is 5.73 Å². The van der Waals surface area contributed by atoms with Crippen LogP contribution in [0.3, 0.4) is 0 Å². The number of thiophene rings is 1. The van der Waals surface area contributed by atoms with E-state index in [0.29, 0.717) is 0 Å². The van der Waals surface area contributed by atoms with Crippen molar-refractivity contribution in [1.29, 1.82) is 0 Å². The zero-order valence-corrected chi connectivity index (χ0v) is 8.95. The Kier molecular flexibility index (Phi) is 2.35. The molecule has 0 amide bonds. The molecule has 2 rings (SSSR count). The molecule has 4 nitrogen and oxygen atoms in total. The molecule has 0 aliphatic carbocycles. The fourth-order valence-corrected chi connectivity index (χ4v) is 2.16. The molecule has 0 bridgehead atoms. The standard InChI is InChI=1S/C9H12N4S/c1-6-3-4-8(14-6)9(10)7-5-11-13(2)12-7/h3-5,9H,10H2,1-2H3. The average molecular weight is 208 g/mol. The predicted octanol–water partition coefficient (Wildman–Crippen LogP) is 1.23. The normalized spacial score (nSPS) is 13.1. The number of aryl methyl sites for hydroxylation is 2. The Labute approximate surface area is 86.4 Å². The van der Waals surface area contributed by atoms with E-state index < -0.39 is 0 Å². The van der Waals surface area contributed by atoms with E-state index in [1.165, 1.54) is 9.67 Å². The summed E-state index contributed by atoms with van der Waals surface area (Å²) in [4.78, 5) is 3.91. The van der Waals surface area contributed by atoms with Gasteiger partial charge >= 0.3 is 0 Å². The summed E-state index contributed by atoms with van der Waals surface area (Å²) in [7, 11) is 1.79. The maximum atomic E-state index is 6.04. The zero-order valence-electron chi connectivity index (χ0n) is 8.14. The second kappa shape index (κ2) is 3.51. The first-order valence-corrected chi connectivity index (χ1v) is 5.16. The SMILES string of the molecule is Cc1ccc(C(N)c2cnn(C)n2)s1. The molecule has 2 aromatic heterocycles. The highest BCUT2D eigenvalue weighted by Gasteiger charge is 2.13. The fraction of sp³-hybridized carbons (Fsp3) is 0.333. The lowest BCUT2D eigenvalue weighted by Crippen LogP contribution is -2.11. The van der Waals surface area contributed by atoms with Gasteiger partial charge in [-0.05, 0) is 19.1 Å². The minimum absolute atomic E-state index is 0.151. The van der Waals surface area contributed by atoms with Crippen molar-refractivity contribution in [2.24, 2.45) is 12.8 Å². The van der Waals surface area contributed by atoms with Crippen LogP contribution in [0, 0.1) is 6.92 Å². The summed E-state index contributed by atoms with van der Waals surface area (Å²) in [5.41, 5.74) is 6.85. The molecule has 74 valence electrons. The Morgan fingerprint density at radius 3 is 2.79 bits per heavy atom. The first-order valence-electron chi connectivity index (χ1n) is 4.35. The van der Waals surface area contributed by atoms with Crippen LogP contribution in [0.1, 0.15) is 21.5 Å². The number of nitrogens with zero attached hydrogens (tertiary/aromatic N) is 3. The highest BCUT2D eigenvalue weighted by Crippen LogP contribution is 2.24. The van der Waals surface area contributed by atoms with Gasteiger partial charge in [-0.1, -0.05) is 0 Å². The third kappa shape index (κ3) is 1.69. The van der Waals surface area contributed by atoms with E-state index >= 15 is 0 Å². The van der Waals surface area contributed by atoms with Gasteiger partial charge in [-0.25, -0.2) is 0 Å². The van der Waals surface area contributed by atoms with Crippen molar-refractivity contribution in [3.63, 3.8) is 0 Å². The summed E-state index contributed by atoms with van der Waals surface area (Å²) in [6.45, 7) is 2.07. The second-order valence-corrected chi connectivity index (χ2v) is 4.50. The molecule has 14 heavy (non-hydrogen) atoms. The number of hydrogen-bond acceptors (Lipinski definition) is 4. The van der Waals surface area contributed by atoms with Crippen molar-refractivity contribution < 1.29 is 0 Å². The van der Waals surface area contributed by atoms with Crippen molar-refractivity contribution in [3.8, 4) is 0 Å². The summed E-state index contributed by atoms with van der Waals surface area (Å²) >= 11 is 1.70. The quantitative estimate of drug-likeness (QED) is 0.807. The third-order valence-electron chi connectivity index (χ3n) is 2.00. The minimum atomic E-state index is -0.151. The first kappa shape index (κ1) is 9.36. The zero-order chi connectivity index (χ0) is 10.1. The molecular formula is C9H12N4S. The monoisotopic (exact) mass is 208 g/mol. The van der Waals surface area contributed by atoms with Gasteiger partial charge in [0.25, 0.3) is 0 Å². The summed E-state index contributed by atoms with van der Waals surface area (Å²) < 4.78 is 0. The Balaban J connectivity index is 2.28. The van der Waals surface area contributed by atoms with Crippen molar-refractivity contribution in [1.82, 2.24) is 15.0 Å². The molecule has 0 fully saturated rings. The van der Waals surface area contributed by atoms with Crippen LogP contribution in [0.25, 0.3) is 0 Å². The molecule has 0 radical (unpaired) electrons. The lowest BCUT2D eigenvalue weighted by Gasteiger charge is -2.03. The Morgan fingerprint density at radius 2 is 2.29 bits per heavy atom. The average Bonchev–Trinajstić information content (AvgIpc) is 2.73. The van der Waals surface area contributed by atoms with Crippen LogP contribution in [0.15, 0.2) is 18.3 Å². The fourth-order valence-electron chi connectivity index (χ4n) is 1.27. The molecule has 0 aromatic carbocycles. The van der Waals surface area contributed by atoms with Gasteiger partial charge in [0.15, 0.2) is 0 Å². The molecule has 0 saturated carbocycles. The van der Waals surface area contributed by atoms with E-state index in [4.69, 9.17) is 5.73 Å². The lowest BCUT2D eigenvalue weighted by atomic mass is 10.2. The van der Waals surface area contributed by atoms with Crippen LogP contribution in [0.5, 0.6) is 0 Å². The van der Waals surface area contributed by atoms with Gasteiger partial charge in [0.1, 0.15) is 5.69 Å². The second-order valence-electron chi connectivity index (χ2n) is 3.18. The topological polar surface area (TPSA) is 56.7 Å². The Bertz CT molecular complexity index is 391. The molecule has 1 atom stereocenters. The highest BCUT2D eigenvalue weighted by atomic mass is 32.1. The lowest BCUT2D eigenvalue weighted by molar-refractivity contribution is 0.638. The molecule has 5 heteroatoms. The molecular weight excluding hydrogens is 196 g/mol. The molecule has 0 aliphatic heterocycles. The van der Waals surface area contributed by atoms with Crippen LogP contribution in [-0.2, 0) is 7.05 Å². The van der Waals surface area contributed by atoms with Crippen LogP contribution in [0.2, 0.25) is 0 Å². The summed E-state index contributed by atoms with van der Waals surface area (Å²) in [6.07, 6.45) is 1.71. The molecule has 0 aliphatic rings. The molecule has 0 saturated heterocycles. The maximum absolute atomic E-state index is 6.04. The van der Waals surface area contributed by atoms with E-state index in [-0.39, 0.29) is 6.04 Å². The van der Waals surface area contributed by atoms with Gasteiger partial charge in [0.05, 0.1) is 12.2 Å². The predicted molar refractivity (Wildman–Crippen MR) is 56.1 cm³/mol. The van der Waals surface area contributed by atoms with Crippen molar-refractivity contribution in [3.05, 3.63) is 33.8 Å². The smallest absolute Gasteiger partial charge is 0.105 e. The van der Waals surface area contributed by atoms with Gasteiger partial charge in [0, 0.05) is 16.8 Å². The number of aromatic nitrogens is 3. The largest absolute Gasteiger partial charge is 0.318 e. The number of rotatable bonds is 2. The van der Waals surface area contributed by atoms with Crippen LogP contribution < -0.4 is 5.73 Å². The van der Waals surface area contributed by atoms with Gasteiger partial charge in [-0.15, -0.1) is 11.3 Å². The number of nitrogens with two attached hydrogens (primary N) is 1. The molecule has 2 N–H and O–H groups in total. The van der Waals surface area contributed by atoms with E-state index in [1.807, 2.05) is 6.07 Å². The van der Waals surface area contributed by atoms with Crippen molar-refractivity contribution >= 4 is 11.3 Å². The molecule has 0 spiro atoms. The summed E-state index contributed by atoms with van der Waals surface area (Å²) in [6, 6.07) is 3.96. The maximum Gasteiger partial charge on any atom is 0.105 e. The summed E-state index contributed by atoms with van der Waals surface area (Å²) in [5, 5.41) is 8.18. The van der Waals surface area contributed by atoms with E-state index in [9.17, 15) is 0 Å². The van der Waals surface area contributed by atoms with Crippen LogP contribution in [0.4, 0.5) is 0 Å². The van der Waals surface area contributed by atoms with E-state index in [2.05, 4.69) is 23.2 Å². The van der Waals surface area contributed by atoms with Crippen molar-refractivity contribution in [2.75, 3.05) is 0 Å². The molecule has 1 unspecified atom stereocenters. The summed E-state index contributed by atoms with van der Waals surface area (Å²) in [5.74, 6) is 0. The van der Waals surface area contributed by atoms with Crippen molar-refractivity contribution in [2.45, 2.75) is 13.0 Å². The van der Waals surface area contributed by atoms with Gasteiger partial charge in [-0.2, -0.15) is 15.0 Å². The first-order chi connectivity index (χ1) is 6.66. The van der Waals surface area contributed by atoms with E-state index in [1.54, 1.807) is 24.6 Å². The van der Waals surface area contributed by atoms with Crippen LogP contribution >= 0.6 is 11.3 Å². The van der Waals surface area contributed by atoms with Crippen LogP contribution in [-0.4, -0.2) is 15.0 Å². The highest BCUT2D eigenvalue weighted by molar-refractivity contribution is 7.12. The Hall–Kier alpha value is -1.20. The molecule has 2 heterocycles. The van der Waals surface area contributed by atoms with Gasteiger partial charge in [0.2, 0.25) is 0 Å². The van der Waals surface area contributed by atoms with Gasteiger partial charge in [-0.3, -0.25) is 0 Å². The molecule has 2 aromatic rings. The third-order valence-corrected chi connectivity index (χ3v) is 3.09. The minimum Gasteiger partial charge on any atom is -0.318 e.